The van der Waals surface area contributed by atoms with E-state index in [4.69, 9.17) is 10.9 Å². The fourth-order valence-corrected chi connectivity index (χ4v) is 2.64. The third-order valence-corrected chi connectivity index (χ3v) is 3.88. The van der Waals surface area contributed by atoms with Crippen molar-refractivity contribution in [2.45, 2.75) is 38.1 Å². The minimum absolute atomic E-state index is 0.00673. The molecule has 1 aromatic carbocycles. The van der Waals surface area contributed by atoms with Gasteiger partial charge in [-0.2, -0.15) is 0 Å². The Bertz CT molecular complexity index is 597. The van der Waals surface area contributed by atoms with Crippen LogP contribution in [0.4, 0.5) is 5.69 Å². The Morgan fingerprint density at radius 2 is 1.95 bits per heavy atom. The monoisotopic (exact) mass is 299 g/mol. The number of anilines is 1. The lowest BCUT2D eigenvalue weighted by Gasteiger charge is -2.15. The highest BCUT2D eigenvalue weighted by molar-refractivity contribution is 7.89. The van der Waals surface area contributed by atoms with Crippen LogP contribution in [0.2, 0.25) is 0 Å². The molecule has 0 radical (unpaired) electrons. The minimum Gasteiger partial charge on any atom is -0.325 e. The molecule has 112 valence electrons. The molecule has 7 heteroatoms. The van der Waals surface area contributed by atoms with Crippen LogP contribution in [0, 0.1) is 12.8 Å². The van der Waals surface area contributed by atoms with E-state index in [0.29, 0.717) is 23.6 Å². The topological polar surface area (TPSA) is 115 Å². The average Bonchev–Trinajstić information content (AvgIpc) is 2.29. The third kappa shape index (κ3) is 4.59. The normalized spacial score (nSPS) is 13.3. The zero-order valence-corrected chi connectivity index (χ0v) is 12.7. The van der Waals surface area contributed by atoms with Gasteiger partial charge in [0.2, 0.25) is 15.9 Å². The third-order valence-electron chi connectivity index (χ3n) is 2.82. The average molecular weight is 299 g/mol. The Balaban J connectivity index is 2.92. The van der Waals surface area contributed by atoms with Gasteiger partial charge in [0.25, 0.3) is 0 Å². The molecule has 0 heterocycles. The maximum atomic E-state index is 11.9. The maximum Gasteiger partial charge on any atom is 0.241 e. The van der Waals surface area contributed by atoms with Gasteiger partial charge in [0.15, 0.2) is 0 Å². The van der Waals surface area contributed by atoms with E-state index in [0.717, 1.165) is 0 Å². The lowest BCUT2D eigenvalue weighted by atomic mass is 10.0. The number of hydrogen-bond acceptors (Lipinski definition) is 4. The fourth-order valence-electron chi connectivity index (χ4n) is 1.83. The van der Waals surface area contributed by atoms with Crippen molar-refractivity contribution < 1.29 is 13.2 Å². The molecular weight excluding hydrogens is 278 g/mol. The van der Waals surface area contributed by atoms with Gasteiger partial charge in [-0.15, -0.1) is 0 Å². The van der Waals surface area contributed by atoms with E-state index in [1.165, 1.54) is 6.07 Å². The number of amides is 1. The number of nitrogens with two attached hydrogens (primary N) is 2. The molecule has 6 nitrogen and oxygen atoms in total. The van der Waals surface area contributed by atoms with E-state index < -0.39 is 16.1 Å². The molecule has 0 spiro atoms. The first-order valence-electron chi connectivity index (χ1n) is 6.31. The van der Waals surface area contributed by atoms with Gasteiger partial charge in [-0.25, -0.2) is 13.6 Å². The first kappa shape index (κ1) is 16.6. The van der Waals surface area contributed by atoms with E-state index in [1.54, 1.807) is 19.1 Å². The Morgan fingerprint density at radius 1 is 1.35 bits per heavy atom. The lowest BCUT2D eigenvalue weighted by Crippen LogP contribution is -2.36. The second-order valence-electron chi connectivity index (χ2n) is 5.25. The van der Waals surface area contributed by atoms with Crippen molar-refractivity contribution in [3.8, 4) is 0 Å². The maximum absolute atomic E-state index is 11.9. The lowest BCUT2D eigenvalue weighted by molar-refractivity contribution is -0.117. The number of hydrogen-bond donors (Lipinski definition) is 3. The zero-order valence-electron chi connectivity index (χ0n) is 11.9. The highest BCUT2D eigenvalue weighted by Gasteiger charge is 2.17. The predicted molar refractivity (Wildman–Crippen MR) is 78.6 cm³/mol. The number of carbonyl (C=O) groups excluding carboxylic acids is 1. The van der Waals surface area contributed by atoms with Crippen molar-refractivity contribution in [2.24, 2.45) is 16.8 Å². The van der Waals surface area contributed by atoms with Crippen molar-refractivity contribution in [3.63, 3.8) is 0 Å². The minimum atomic E-state index is -3.81. The van der Waals surface area contributed by atoms with E-state index in [2.05, 4.69) is 5.32 Å². The van der Waals surface area contributed by atoms with Gasteiger partial charge in [0.1, 0.15) is 0 Å². The molecule has 0 aliphatic rings. The molecular formula is C13H21N3O3S. The van der Waals surface area contributed by atoms with Crippen LogP contribution >= 0.6 is 0 Å². The Labute approximate surface area is 119 Å². The summed E-state index contributed by atoms with van der Waals surface area (Å²) in [6.07, 6.45) is 0.555. The standard InChI is InChI=1S/C13H21N3O3S/c1-8(2)6-11(14)13(17)16-10-5-4-9(3)12(7-10)20(15,18)19/h4-5,7-8,11H,6,14H2,1-3H3,(H,16,17)(H2,15,18,19)/t11-/m0/s1. The Hall–Kier alpha value is -1.44. The summed E-state index contributed by atoms with van der Waals surface area (Å²) in [6, 6.07) is 3.91. The van der Waals surface area contributed by atoms with Crippen molar-refractivity contribution in [1.82, 2.24) is 0 Å². The van der Waals surface area contributed by atoms with Gasteiger partial charge >= 0.3 is 0 Å². The smallest absolute Gasteiger partial charge is 0.241 e. The molecule has 0 unspecified atom stereocenters. The first-order chi connectivity index (χ1) is 9.11. The number of carbonyl (C=O) groups is 1. The van der Waals surface area contributed by atoms with Crippen molar-refractivity contribution in [1.29, 1.82) is 0 Å². The molecule has 5 N–H and O–H groups in total. The molecule has 1 rings (SSSR count). The molecule has 1 aromatic rings. The Morgan fingerprint density at radius 3 is 2.45 bits per heavy atom. The van der Waals surface area contributed by atoms with Crippen LogP contribution in [-0.4, -0.2) is 20.4 Å². The summed E-state index contributed by atoms with van der Waals surface area (Å²) in [5, 5.41) is 7.72. The molecule has 0 saturated carbocycles. The summed E-state index contributed by atoms with van der Waals surface area (Å²) in [6.45, 7) is 5.58. The van der Waals surface area contributed by atoms with Crippen LogP contribution < -0.4 is 16.2 Å². The number of aryl methyl sites for hydroxylation is 1. The molecule has 1 atom stereocenters. The molecule has 0 saturated heterocycles. The van der Waals surface area contributed by atoms with E-state index in [-0.39, 0.29) is 10.8 Å². The van der Waals surface area contributed by atoms with Crippen LogP contribution in [0.25, 0.3) is 0 Å². The summed E-state index contributed by atoms with van der Waals surface area (Å²) < 4.78 is 22.8. The fraction of sp³-hybridized carbons (Fsp3) is 0.462. The van der Waals surface area contributed by atoms with E-state index in [9.17, 15) is 13.2 Å². The molecule has 0 aliphatic heterocycles. The quantitative estimate of drug-likeness (QED) is 0.750. The first-order valence-corrected chi connectivity index (χ1v) is 7.85. The molecule has 0 fully saturated rings. The van der Waals surface area contributed by atoms with Crippen LogP contribution in [-0.2, 0) is 14.8 Å². The summed E-state index contributed by atoms with van der Waals surface area (Å²) >= 11 is 0. The number of benzene rings is 1. The van der Waals surface area contributed by atoms with Crippen molar-refractivity contribution in [3.05, 3.63) is 23.8 Å². The molecule has 1 amide bonds. The number of rotatable bonds is 5. The summed E-state index contributed by atoms with van der Waals surface area (Å²) in [5.41, 5.74) is 6.65. The second kappa shape index (κ2) is 6.34. The largest absolute Gasteiger partial charge is 0.325 e. The summed E-state index contributed by atoms with van der Waals surface area (Å²) in [7, 11) is -3.81. The van der Waals surface area contributed by atoms with E-state index in [1.807, 2.05) is 13.8 Å². The highest BCUT2D eigenvalue weighted by Crippen LogP contribution is 2.19. The van der Waals surface area contributed by atoms with Gasteiger partial charge in [-0.1, -0.05) is 19.9 Å². The van der Waals surface area contributed by atoms with Crippen LogP contribution in [0.5, 0.6) is 0 Å². The molecule has 0 aromatic heterocycles. The summed E-state index contributed by atoms with van der Waals surface area (Å²) in [5.74, 6) is -0.0447. The molecule has 20 heavy (non-hydrogen) atoms. The summed E-state index contributed by atoms with van der Waals surface area (Å²) in [4.78, 5) is 11.9. The SMILES string of the molecule is Cc1ccc(NC(=O)[C@@H](N)CC(C)C)cc1S(N)(=O)=O. The molecule has 0 bridgehead atoms. The van der Waals surface area contributed by atoms with Crippen LogP contribution in [0.3, 0.4) is 0 Å². The van der Waals surface area contributed by atoms with Crippen LogP contribution in [0.1, 0.15) is 25.8 Å². The highest BCUT2D eigenvalue weighted by atomic mass is 32.2. The van der Waals surface area contributed by atoms with Gasteiger partial charge in [0, 0.05) is 5.69 Å². The number of sulfonamides is 1. The van der Waals surface area contributed by atoms with Gasteiger partial charge in [-0.3, -0.25) is 4.79 Å². The second-order valence-corrected chi connectivity index (χ2v) is 6.78. The van der Waals surface area contributed by atoms with Gasteiger partial charge < -0.3 is 11.1 Å². The predicted octanol–water partition coefficient (Wildman–Crippen LogP) is 0.954. The Kier molecular flexibility index (Phi) is 5.27. The number of nitrogens with one attached hydrogen (secondary N) is 1. The van der Waals surface area contributed by atoms with E-state index >= 15 is 0 Å². The van der Waals surface area contributed by atoms with Crippen molar-refractivity contribution >= 4 is 21.6 Å². The van der Waals surface area contributed by atoms with Crippen molar-refractivity contribution in [2.75, 3.05) is 5.32 Å². The zero-order chi connectivity index (χ0) is 15.5. The van der Waals surface area contributed by atoms with Gasteiger partial charge in [-0.05, 0) is 37.0 Å². The number of primary sulfonamides is 1. The molecule has 0 aliphatic carbocycles. The van der Waals surface area contributed by atoms with Crippen LogP contribution in [0.15, 0.2) is 23.1 Å². The van der Waals surface area contributed by atoms with Gasteiger partial charge in [0.05, 0.1) is 10.9 Å².